The molecule has 2 heterocycles. The van der Waals surface area contributed by atoms with Crippen molar-refractivity contribution >= 4 is 34.3 Å². The maximum atomic E-state index is 14.1. The van der Waals surface area contributed by atoms with E-state index in [1.807, 2.05) is 0 Å². The molecule has 1 saturated carbocycles. The first kappa shape index (κ1) is 32.0. The summed E-state index contributed by atoms with van der Waals surface area (Å²) in [4.78, 5) is 30.2. The number of alkyl halides is 2. The van der Waals surface area contributed by atoms with Gasteiger partial charge >= 0.3 is 6.55 Å². The lowest BCUT2D eigenvalue weighted by molar-refractivity contribution is -0.117. The van der Waals surface area contributed by atoms with Gasteiger partial charge in [-0.05, 0) is 62.1 Å². The highest BCUT2D eigenvalue weighted by Crippen LogP contribution is 2.44. The van der Waals surface area contributed by atoms with Crippen LogP contribution < -0.4 is 20.5 Å². The van der Waals surface area contributed by atoms with Gasteiger partial charge in [0.25, 0.3) is 5.91 Å². The van der Waals surface area contributed by atoms with Crippen LogP contribution in [0.1, 0.15) is 54.4 Å². The number of halogens is 4. The molecular formula is C31H31ClF3N5O5. The molecule has 0 bridgehead atoms. The Kier molecular flexibility index (Phi) is 9.21. The molecule has 2 aromatic heterocycles. The Morgan fingerprint density at radius 3 is 2.60 bits per heavy atom. The third-order valence-corrected chi connectivity index (χ3v) is 8.20. The topological polar surface area (TPSA) is 142 Å². The first-order valence-electron chi connectivity index (χ1n) is 14.2. The number of nitrogens with two attached hydrogens (primary N) is 1. The SMILES string of the molecule is CCOc1c(CC(N)=O)cc([C@@](O)(CNC(=O)c2cc(OC)c3nn(C(F)F)cc3c2)C2CCC2)nc1-c1ccc(F)c(Cl)c1. The smallest absolute Gasteiger partial charge is 0.333 e. The number of benzene rings is 2. The molecule has 238 valence electrons. The van der Waals surface area contributed by atoms with Crippen LogP contribution in [0.4, 0.5) is 13.2 Å². The van der Waals surface area contributed by atoms with Crippen molar-refractivity contribution in [2.75, 3.05) is 20.3 Å². The first-order valence-corrected chi connectivity index (χ1v) is 14.6. The summed E-state index contributed by atoms with van der Waals surface area (Å²) in [5, 5.41) is 18.9. The Morgan fingerprint density at radius 2 is 2.00 bits per heavy atom. The molecule has 1 atom stereocenters. The fourth-order valence-corrected chi connectivity index (χ4v) is 5.61. The molecule has 1 aliphatic carbocycles. The summed E-state index contributed by atoms with van der Waals surface area (Å²) in [5.41, 5.74) is 5.19. The van der Waals surface area contributed by atoms with Crippen molar-refractivity contribution in [3.8, 4) is 22.8 Å². The van der Waals surface area contributed by atoms with Crippen LogP contribution in [0, 0.1) is 11.7 Å². The lowest BCUT2D eigenvalue weighted by Gasteiger charge is -2.41. The van der Waals surface area contributed by atoms with E-state index in [9.17, 15) is 27.9 Å². The third-order valence-electron chi connectivity index (χ3n) is 7.91. The van der Waals surface area contributed by atoms with Crippen LogP contribution in [0.25, 0.3) is 22.2 Å². The number of carbonyl (C=O) groups excluding carboxylic acids is 2. The summed E-state index contributed by atoms with van der Waals surface area (Å²) in [7, 11) is 1.33. The van der Waals surface area contributed by atoms with Gasteiger partial charge in [-0.3, -0.25) is 9.59 Å². The number of aliphatic hydroxyl groups is 1. The number of carbonyl (C=O) groups is 2. The minimum atomic E-state index is -2.88. The van der Waals surface area contributed by atoms with E-state index in [-0.39, 0.29) is 69.9 Å². The minimum Gasteiger partial charge on any atom is -0.494 e. The number of amides is 2. The molecule has 1 aliphatic rings. The quantitative estimate of drug-likeness (QED) is 0.194. The zero-order valence-corrected chi connectivity index (χ0v) is 25.2. The monoisotopic (exact) mass is 645 g/mol. The number of nitrogens with one attached hydrogen (secondary N) is 1. The molecule has 0 saturated heterocycles. The molecule has 4 aromatic rings. The largest absolute Gasteiger partial charge is 0.494 e. The average molecular weight is 646 g/mol. The molecule has 4 N–H and O–H groups in total. The average Bonchev–Trinajstić information content (AvgIpc) is 3.41. The van der Waals surface area contributed by atoms with Gasteiger partial charge in [-0.25, -0.2) is 14.1 Å². The number of methoxy groups -OCH3 is 1. The van der Waals surface area contributed by atoms with Crippen LogP contribution in [-0.2, 0) is 16.8 Å². The molecule has 0 spiro atoms. The Labute approximate surface area is 261 Å². The van der Waals surface area contributed by atoms with Crippen molar-refractivity contribution in [2.24, 2.45) is 11.7 Å². The van der Waals surface area contributed by atoms with Gasteiger partial charge in [0.15, 0.2) is 0 Å². The molecule has 0 unspecified atom stereocenters. The van der Waals surface area contributed by atoms with Crippen molar-refractivity contribution < 1.29 is 37.3 Å². The second-order valence-corrected chi connectivity index (χ2v) is 11.2. The Bertz CT molecular complexity index is 1760. The number of rotatable bonds is 12. The highest BCUT2D eigenvalue weighted by molar-refractivity contribution is 6.31. The van der Waals surface area contributed by atoms with E-state index in [0.717, 1.165) is 12.6 Å². The summed E-state index contributed by atoms with van der Waals surface area (Å²) >= 11 is 6.08. The fraction of sp³-hybridized carbons (Fsp3) is 0.355. The minimum absolute atomic E-state index is 0.0971. The summed E-state index contributed by atoms with van der Waals surface area (Å²) < 4.78 is 52.2. The highest BCUT2D eigenvalue weighted by atomic mass is 35.5. The van der Waals surface area contributed by atoms with Gasteiger partial charge in [0, 0.05) is 28.3 Å². The van der Waals surface area contributed by atoms with E-state index in [1.54, 1.807) is 6.92 Å². The normalized spacial score (nSPS) is 14.7. The number of ether oxygens (including phenoxy) is 2. The van der Waals surface area contributed by atoms with Gasteiger partial charge in [0.1, 0.15) is 34.1 Å². The van der Waals surface area contributed by atoms with E-state index in [2.05, 4.69) is 10.4 Å². The lowest BCUT2D eigenvalue weighted by Crippen LogP contribution is -2.49. The maximum Gasteiger partial charge on any atom is 0.333 e. The second-order valence-electron chi connectivity index (χ2n) is 10.8. The van der Waals surface area contributed by atoms with E-state index in [1.165, 1.54) is 43.5 Å². The Morgan fingerprint density at radius 1 is 1.24 bits per heavy atom. The van der Waals surface area contributed by atoms with Crippen LogP contribution in [-0.4, -0.2) is 51.9 Å². The predicted molar refractivity (Wildman–Crippen MR) is 160 cm³/mol. The number of hydrogen-bond donors (Lipinski definition) is 3. The Hall–Kier alpha value is -4.36. The molecule has 2 amide bonds. The van der Waals surface area contributed by atoms with Gasteiger partial charge in [-0.2, -0.15) is 13.9 Å². The number of hydrogen-bond acceptors (Lipinski definition) is 7. The van der Waals surface area contributed by atoms with Gasteiger partial charge in [0.2, 0.25) is 5.91 Å². The standard InChI is InChI=1S/C31H31ClF3N5O5/c1-3-45-28-17(13-25(36)41)12-24(38-27(28)16-7-8-22(33)21(32)10-16)31(43,20-5-4-6-20)15-37-29(42)18-9-19-14-40(30(34)35)39-26(19)23(11-18)44-2/h7-12,14,20,30,43H,3-6,13,15H2,1-2H3,(H2,36,41)(H,37,42)/t31-/m1/s1. The first-order chi connectivity index (χ1) is 21.4. The molecule has 5 rings (SSSR count). The van der Waals surface area contributed by atoms with Crippen molar-refractivity contribution in [1.82, 2.24) is 20.1 Å². The van der Waals surface area contributed by atoms with Crippen LogP contribution >= 0.6 is 11.6 Å². The van der Waals surface area contributed by atoms with Crippen LogP contribution in [0.15, 0.2) is 42.6 Å². The van der Waals surface area contributed by atoms with Crippen molar-refractivity contribution in [2.45, 2.75) is 44.8 Å². The van der Waals surface area contributed by atoms with Crippen molar-refractivity contribution in [3.05, 3.63) is 70.3 Å². The van der Waals surface area contributed by atoms with E-state index >= 15 is 0 Å². The summed E-state index contributed by atoms with van der Waals surface area (Å²) in [5.74, 6) is -1.86. The van der Waals surface area contributed by atoms with E-state index < -0.39 is 29.8 Å². The summed E-state index contributed by atoms with van der Waals surface area (Å²) in [6.07, 6.45) is 2.98. The number of aromatic nitrogens is 3. The number of fused-ring (bicyclic) bond motifs is 1. The van der Waals surface area contributed by atoms with Crippen LogP contribution in [0.3, 0.4) is 0 Å². The molecule has 2 aromatic carbocycles. The summed E-state index contributed by atoms with van der Waals surface area (Å²) in [6, 6.07) is 8.29. The Balaban J connectivity index is 1.56. The van der Waals surface area contributed by atoms with Gasteiger partial charge in [-0.1, -0.05) is 18.0 Å². The van der Waals surface area contributed by atoms with Gasteiger partial charge in [0.05, 0.1) is 37.4 Å². The fourth-order valence-electron chi connectivity index (χ4n) is 5.43. The molecule has 1 fully saturated rings. The van der Waals surface area contributed by atoms with Crippen molar-refractivity contribution in [3.63, 3.8) is 0 Å². The second kappa shape index (κ2) is 12.9. The van der Waals surface area contributed by atoms with Crippen LogP contribution in [0.2, 0.25) is 5.02 Å². The molecule has 0 radical (unpaired) electrons. The van der Waals surface area contributed by atoms with Gasteiger partial charge < -0.3 is 25.6 Å². The highest BCUT2D eigenvalue weighted by Gasteiger charge is 2.44. The van der Waals surface area contributed by atoms with Crippen molar-refractivity contribution in [1.29, 1.82) is 0 Å². The molecule has 0 aliphatic heterocycles. The van der Waals surface area contributed by atoms with E-state index in [0.29, 0.717) is 28.7 Å². The number of nitrogens with zero attached hydrogens (tertiary/aromatic N) is 3. The third kappa shape index (κ3) is 6.40. The van der Waals surface area contributed by atoms with Crippen LogP contribution in [0.5, 0.6) is 11.5 Å². The van der Waals surface area contributed by atoms with Gasteiger partial charge in [-0.15, -0.1) is 0 Å². The number of pyridine rings is 1. The molecule has 10 nitrogen and oxygen atoms in total. The summed E-state index contributed by atoms with van der Waals surface area (Å²) in [6.45, 7) is -1.21. The molecule has 14 heteroatoms. The predicted octanol–water partition coefficient (Wildman–Crippen LogP) is 5.14. The number of primary amides is 1. The molecular weight excluding hydrogens is 615 g/mol. The zero-order chi connectivity index (χ0) is 32.5. The lowest BCUT2D eigenvalue weighted by atomic mass is 9.70. The van der Waals surface area contributed by atoms with E-state index in [4.69, 9.17) is 31.8 Å². The maximum absolute atomic E-state index is 14.1. The zero-order valence-electron chi connectivity index (χ0n) is 24.4. The molecule has 45 heavy (non-hydrogen) atoms.